The lowest BCUT2D eigenvalue weighted by atomic mass is 9.84. The van der Waals surface area contributed by atoms with Gasteiger partial charge in [-0.3, -0.25) is 4.79 Å². The van der Waals surface area contributed by atoms with Gasteiger partial charge in [0.2, 0.25) is 5.91 Å². The fourth-order valence-electron chi connectivity index (χ4n) is 3.34. The quantitative estimate of drug-likeness (QED) is 0.765. The van der Waals surface area contributed by atoms with Crippen molar-refractivity contribution in [2.45, 2.75) is 32.6 Å². The highest BCUT2D eigenvalue weighted by atomic mass is 35.5. The molecular formula is C19H25ClFN3OS. The number of carbonyl (C=O) groups is 1. The van der Waals surface area contributed by atoms with E-state index in [-0.39, 0.29) is 24.1 Å². The summed E-state index contributed by atoms with van der Waals surface area (Å²) in [7, 11) is 0. The van der Waals surface area contributed by atoms with Crippen LogP contribution in [0.2, 0.25) is 0 Å². The first-order valence-corrected chi connectivity index (χ1v) is 9.61. The molecule has 0 aliphatic carbocycles. The zero-order valence-electron chi connectivity index (χ0n) is 14.8. The van der Waals surface area contributed by atoms with E-state index in [1.807, 2.05) is 6.07 Å². The zero-order valence-corrected chi connectivity index (χ0v) is 16.5. The lowest BCUT2D eigenvalue weighted by Crippen LogP contribution is -2.32. The van der Waals surface area contributed by atoms with Gasteiger partial charge in [0.05, 0.1) is 0 Å². The molecule has 1 amide bonds. The van der Waals surface area contributed by atoms with Crippen LogP contribution in [0.1, 0.15) is 36.6 Å². The number of hydrogen-bond donors (Lipinski definition) is 2. The van der Waals surface area contributed by atoms with E-state index in [9.17, 15) is 9.18 Å². The molecule has 2 heterocycles. The van der Waals surface area contributed by atoms with E-state index < -0.39 is 0 Å². The Morgan fingerprint density at radius 3 is 2.92 bits per heavy atom. The topological polar surface area (TPSA) is 54.0 Å². The third-order valence-electron chi connectivity index (χ3n) is 4.76. The van der Waals surface area contributed by atoms with Gasteiger partial charge in [0.25, 0.3) is 0 Å². The molecule has 1 fully saturated rings. The Bertz CT molecular complexity index is 718. The van der Waals surface area contributed by atoms with Gasteiger partial charge in [-0.1, -0.05) is 19.1 Å². The van der Waals surface area contributed by atoms with Crippen molar-refractivity contribution >= 4 is 34.8 Å². The zero-order chi connectivity index (χ0) is 17.6. The van der Waals surface area contributed by atoms with Crippen molar-refractivity contribution in [1.82, 2.24) is 10.3 Å². The Hall–Kier alpha value is -1.50. The first-order chi connectivity index (χ1) is 12.1. The highest BCUT2D eigenvalue weighted by molar-refractivity contribution is 7.15. The lowest BCUT2D eigenvalue weighted by Gasteiger charge is -2.27. The molecule has 1 unspecified atom stereocenters. The summed E-state index contributed by atoms with van der Waals surface area (Å²) < 4.78 is 13.2. The van der Waals surface area contributed by atoms with E-state index in [1.165, 1.54) is 23.5 Å². The van der Waals surface area contributed by atoms with Gasteiger partial charge in [0.1, 0.15) is 5.82 Å². The number of amides is 1. The van der Waals surface area contributed by atoms with Gasteiger partial charge in [0, 0.05) is 23.9 Å². The summed E-state index contributed by atoms with van der Waals surface area (Å²) in [6, 6.07) is 6.56. The minimum absolute atomic E-state index is 0. The van der Waals surface area contributed by atoms with Crippen molar-refractivity contribution in [3.63, 3.8) is 0 Å². The maximum atomic E-state index is 13.2. The number of nitrogens with zero attached hydrogens (tertiary/aromatic N) is 1. The van der Waals surface area contributed by atoms with Crippen LogP contribution in [-0.2, 0) is 11.2 Å². The molecule has 7 heteroatoms. The van der Waals surface area contributed by atoms with Gasteiger partial charge in [-0.25, -0.2) is 9.37 Å². The Balaban J connectivity index is 0.00000243. The summed E-state index contributed by atoms with van der Waals surface area (Å²) in [5.41, 5.74) is 0.904. The molecule has 1 aromatic heterocycles. The molecule has 3 rings (SSSR count). The molecular weight excluding hydrogens is 373 g/mol. The monoisotopic (exact) mass is 397 g/mol. The number of anilines is 1. The number of hydrogen-bond acceptors (Lipinski definition) is 4. The summed E-state index contributed by atoms with van der Waals surface area (Å²) in [4.78, 5) is 17.6. The van der Waals surface area contributed by atoms with Crippen LogP contribution in [0.15, 0.2) is 30.5 Å². The minimum Gasteiger partial charge on any atom is -0.317 e. The maximum Gasteiger partial charge on any atom is 0.226 e. The van der Waals surface area contributed by atoms with Crippen molar-refractivity contribution in [3.8, 4) is 0 Å². The van der Waals surface area contributed by atoms with Crippen LogP contribution in [0.4, 0.5) is 9.52 Å². The van der Waals surface area contributed by atoms with Gasteiger partial charge in [-0.05, 0) is 55.5 Å². The maximum absolute atomic E-state index is 13.2. The molecule has 0 saturated carbocycles. The number of halogens is 2. The van der Waals surface area contributed by atoms with Crippen LogP contribution >= 0.6 is 23.7 Å². The Labute approximate surface area is 164 Å². The van der Waals surface area contributed by atoms with Crippen LogP contribution in [0.25, 0.3) is 0 Å². The van der Waals surface area contributed by atoms with Crippen molar-refractivity contribution in [1.29, 1.82) is 0 Å². The van der Waals surface area contributed by atoms with E-state index in [1.54, 1.807) is 12.3 Å². The van der Waals surface area contributed by atoms with Crippen molar-refractivity contribution < 1.29 is 9.18 Å². The summed E-state index contributed by atoms with van der Waals surface area (Å²) in [6.45, 7) is 4.26. The highest BCUT2D eigenvalue weighted by Gasteiger charge is 2.22. The Kier molecular flexibility index (Phi) is 8.00. The second kappa shape index (κ2) is 10.00. The molecule has 4 nitrogen and oxygen atoms in total. The normalized spacial score (nSPS) is 15.9. The molecule has 1 aliphatic heterocycles. The molecule has 1 saturated heterocycles. The number of rotatable bonds is 6. The largest absolute Gasteiger partial charge is 0.317 e. The van der Waals surface area contributed by atoms with Crippen molar-refractivity contribution in [2.75, 3.05) is 18.4 Å². The number of carbonyl (C=O) groups excluding carboxylic acids is 1. The Morgan fingerprint density at radius 1 is 1.42 bits per heavy atom. The predicted octanol–water partition coefficient (Wildman–Crippen LogP) is 4.26. The number of benzene rings is 1. The van der Waals surface area contributed by atoms with E-state index in [0.717, 1.165) is 36.4 Å². The first-order valence-electron chi connectivity index (χ1n) is 8.80. The average molecular weight is 398 g/mol. The van der Waals surface area contributed by atoms with E-state index in [4.69, 9.17) is 0 Å². The van der Waals surface area contributed by atoms with Gasteiger partial charge in [-0.15, -0.1) is 23.7 Å². The third-order valence-corrected chi connectivity index (χ3v) is 5.68. The fraction of sp³-hybridized carbons (Fsp3) is 0.474. The van der Waals surface area contributed by atoms with Gasteiger partial charge in [-0.2, -0.15) is 0 Å². The number of aromatic nitrogens is 1. The summed E-state index contributed by atoms with van der Waals surface area (Å²) in [5.74, 6) is 0.792. The van der Waals surface area contributed by atoms with Crippen LogP contribution in [0, 0.1) is 17.7 Å². The van der Waals surface area contributed by atoms with Gasteiger partial charge >= 0.3 is 0 Å². The van der Waals surface area contributed by atoms with Crippen molar-refractivity contribution in [3.05, 3.63) is 46.7 Å². The van der Waals surface area contributed by atoms with Crippen molar-refractivity contribution in [2.24, 2.45) is 11.8 Å². The third kappa shape index (κ3) is 6.04. The molecule has 2 N–H and O–H groups in total. The molecule has 0 bridgehead atoms. The molecule has 2 aromatic rings. The molecule has 0 spiro atoms. The molecule has 1 aliphatic rings. The molecule has 1 aromatic carbocycles. The SMILES string of the molecule is CC(CC(=O)Nc1ncc(Cc2cccc(F)c2)s1)C1CCNCC1.Cl. The van der Waals surface area contributed by atoms with Crippen LogP contribution in [-0.4, -0.2) is 24.0 Å². The molecule has 1 atom stereocenters. The van der Waals surface area contributed by atoms with Gasteiger partial charge < -0.3 is 10.6 Å². The molecule has 0 radical (unpaired) electrons. The van der Waals surface area contributed by atoms with E-state index in [0.29, 0.717) is 29.8 Å². The summed E-state index contributed by atoms with van der Waals surface area (Å²) in [5, 5.41) is 6.88. The van der Waals surface area contributed by atoms with Crippen LogP contribution in [0.5, 0.6) is 0 Å². The second-order valence-corrected chi connectivity index (χ2v) is 7.87. The number of piperidine rings is 1. The minimum atomic E-state index is -0.234. The number of nitrogens with one attached hydrogen (secondary N) is 2. The summed E-state index contributed by atoms with van der Waals surface area (Å²) in [6.07, 6.45) is 5.19. The highest BCUT2D eigenvalue weighted by Crippen LogP contribution is 2.26. The molecule has 142 valence electrons. The lowest BCUT2D eigenvalue weighted by molar-refractivity contribution is -0.117. The van der Waals surface area contributed by atoms with Crippen LogP contribution in [0.3, 0.4) is 0 Å². The molecule has 26 heavy (non-hydrogen) atoms. The Morgan fingerprint density at radius 2 is 2.19 bits per heavy atom. The fourth-order valence-corrected chi connectivity index (χ4v) is 4.20. The van der Waals surface area contributed by atoms with E-state index in [2.05, 4.69) is 22.5 Å². The smallest absolute Gasteiger partial charge is 0.226 e. The summed E-state index contributed by atoms with van der Waals surface area (Å²) >= 11 is 1.45. The predicted molar refractivity (Wildman–Crippen MR) is 107 cm³/mol. The average Bonchev–Trinajstić information content (AvgIpc) is 3.02. The van der Waals surface area contributed by atoms with Crippen LogP contribution < -0.4 is 10.6 Å². The number of thiazole rings is 1. The first kappa shape index (κ1) is 20.8. The van der Waals surface area contributed by atoms with E-state index >= 15 is 0 Å². The second-order valence-electron chi connectivity index (χ2n) is 6.76. The standard InChI is InChI=1S/C19H24FN3OS.ClH/c1-13(15-5-7-21-8-6-15)9-18(24)23-19-22-12-17(25-19)11-14-3-2-4-16(20)10-14;/h2-4,10,12-13,15,21H,5-9,11H2,1H3,(H,22,23,24);1H. The van der Waals surface area contributed by atoms with Gasteiger partial charge in [0.15, 0.2) is 5.13 Å².